The molecule has 0 radical (unpaired) electrons. The lowest BCUT2D eigenvalue weighted by atomic mass is 10.1. The smallest absolute Gasteiger partial charge is 0.145 e. The molecule has 0 saturated carbocycles. The molecule has 0 bridgehead atoms. The third-order valence-corrected chi connectivity index (χ3v) is 2.71. The summed E-state index contributed by atoms with van der Waals surface area (Å²) in [5.41, 5.74) is 2.24. The number of hydrogen-bond acceptors (Lipinski definition) is 3. The minimum absolute atomic E-state index is 0.249. The largest absolute Gasteiger partial charge is 0.489 e. The van der Waals surface area contributed by atoms with Crippen LogP contribution in [-0.2, 0) is 0 Å². The Balaban J connectivity index is 2.07. The van der Waals surface area contributed by atoms with E-state index in [0.29, 0.717) is 12.6 Å². The number of aliphatic hydroxyl groups is 1. The van der Waals surface area contributed by atoms with Crippen LogP contribution in [0.2, 0.25) is 0 Å². The number of para-hydroxylation sites is 1. The van der Waals surface area contributed by atoms with E-state index in [1.807, 2.05) is 12.1 Å². The van der Waals surface area contributed by atoms with Crippen molar-refractivity contribution in [2.24, 2.45) is 0 Å². The van der Waals surface area contributed by atoms with Crippen LogP contribution in [0.25, 0.3) is 0 Å². The summed E-state index contributed by atoms with van der Waals surface area (Å²) in [5, 5.41) is 12.2. The van der Waals surface area contributed by atoms with E-state index < -0.39 is 0 Å². The molecule has 0 saturated heterocycles. The fraction of sp³-hybridized carbons (Fsp3) is 0.500. The highest BCUT2D eigenvalue weighted by atomic mass is 16.5. The first-order valence-electron chi connectivity index (χ1n) is 5.41. The second-order valence-electron chi connectivity index (χ2n) is 3.97. The van der Waals surface area contributed by atoms with E-state index in [2.05, 4.69) is 18.3 Å². The van der Waals surface area contributed by atoms with E-state index >= 15 is 0 Å². The molecule has 1 aromatic rings. The molecule has 15 heavy (non-hydrogen) atoms. The number of aryl methyl sites for hydroxylation is 1. The monoisotopic (exact) mass is 207 g/mol. The van der Waals surface area contributed by atoms with Crippen LogP contribution < -0.4 is 10.1 Å². The van der Waals surface area contributed by atoms with Gasteiger partial charge in [-0.15, -0.1) is 0 Å². The summed E-state index contributed by atoms with van der Waals surface area (Å²) in [6.45, 7) is 2.99. The summed E-state index contributed by atoms with van der Waals surface area (Å²) in [7, 11) is 0. The normalized spacial score (nSPS) is 18.9. The van der Waals surface area contributed by atoms with Gasteiger partial charge in [-0.3, -0.25) is 0 Å². The van der Waals surface area contributed by atoms with Gasteiger partial charge >= 0.3 is 0 Å². The van der Waals surface area contributed by atoms with E-state index in [0.717, 1.165) is 24.3 Å². The maximum Gasteiger partial charge on any atom is 0.145 e. The second-order valence-corrected chi connectivity index (χ2v) is 3.97. The summed E-state index contributed by atoms with van der Waals surface area (Å²) in [6.07, 6.45) is 1.77. The van der Waals surface area contributed by atoms with E-state index in [4.69, 9.17) is 9.84 Å². The van der Waals surface area contributed by atoms with Crippen LogP contribution in [0.1, 0.15) is 18.4 Å². The molecular formula is C12H17NO2. The van der Waals surface area contributed by atoms with Crippen LogP contribution in [0.15, 0.2) is 18.2 Å². The third-order valence-electron chi connectivity index (χ3n) is 2.71. The number of anilines is 1. The standard InChI is InChI=1S/C12H17NO2/c1-9-4-2-6-11-12(9)15-8-10(13-11)5-3-7-14/h2,4,6,10,13-14H,3,5,7-8H2,1H3. The first kappa shape index (κ1) is 10.3. The van der Waals surface area contributed by atoms with Crippen molar-refractivity contribution < 1.29 is 9.84 Å². The summed E-state index contributed by atoms with van der Waals surface area (Å²) < 4.78 is 5.72. The van der Waals surface area contributed by atoms with Gasteiger partial charge in [0, 0.05) is 6.61 Å². The van der Waals surface area contributed by atoms with Gasteiger partial charge in [-0.2, -0.15) is 0 Å². The molecule has 1 atom stereocenters. The number of rotatable bonds is 3. The van der Waals surface area contributed by atoms with Crippen LogP contribution in [0.5, 0.6) is 5.75 Å². The average molecular weight is 207 g/mol. The van der Waals surface area contributed by atoms with Crippen molar-refractivity contribution in [2.45, 2.75) is 25.8 Å². The summed E-state index contributed by atoms with van der Waals surface area (Å²) in [6, 6.07) is 6.44. The zero-order chi connectivity index (χ0) is 10.7. The van der Waals surface area contributed by atoms with Gasteiger partial charge in [-0.25, -0.2) is 0 Å². The van der Waals surface area contributed by atoms with Gasteiger partial charge in [0.25, 0.3) is 0 Å². The lowest BCUT2D eigenvalue weighted by Gasteiger charge is -2.28. The van der Waals surface area contributed by atoms with Crippen molar-refractivity contribution in [1.29, 1.82) is 0 Å². The molecule has 0 fully saturated rings. The van der Waals surface area contributed by atoms with Crippen molar-refractivity contribution >= 4 is 5.69 Å². The Kier molecular flexibility index (Phi) is 3.11. The van der Waals surface area contributed by atoms with E-state index in [1.165, 1.54) is 5.56 Å². The maximum atomic E-state index is 8.77. The molecule has 1 unspecified atom stereocenters. The minimum Gasteiger partial charge on any atom is -0.489 e. The zero-order valence-corrected chi connectivity index (χ0v) is 8.99. The number of hydrogen-bond donors (Lipinski definition) is 2. The quantitative estimate of drug-likeness (QED) is 0.796. The number of fused-ring (bicyclic) bond motifs is 1. The number of aliphatic hydroxyl groups excluding tert-OH is 1. The topological polar surface area (TPSA) is 41.5 Å². The molecule has 2 N–H and O–H groups in total. The molecule has 2 rings (SSSR count). The Hall–Kier alpha value is -1.22. The molecule has 0 spiro atoms. The second kappa shape index (κ2) is 4.53. The molecule has 1 aliphatic heterocycles. The van der Waals surface area contributed by atoms with Crippen molar-refractivity contribution in [1.82, 2.24) is 0 Å². The molecule has 1 heterocycles. The van der Waals surface area contributed by atoms with E-state index in [9.17, 15) is 0 Å². The SMILES string of the molecule is Cc1cccc2c1OCC(CCCO)N2. The number of ether oxygens (including phenoxy) is 1. The van der Waals surface area contributed by atoms with Gasteiger partial charge in [0.1, 0.15) is 12.4 Å². The Morgan fingerprint density at radius 2 is 2.40 bits per heavy atom. The highest BCUT2D eigenvalue weighted by molar-refractivity contribution is 5.61. The minimum atomic E-state index is 0.249. The fourth-order valence-electron chi connectivity index (χ4n) is 1.90. The lowest BCUT2D eigenvalue weighted by molar-refractivity contribution is 0.249. The maximum absolute atomic E-state index is 8.77. The summed E-state index contributed by atoms with van der Waals surface area (Å²) in [5.74, 6) is 0.970. The van der Waals surface area contributed by atoms with Crippen molar-refractivity contribution in [3.05, 3.63) is 23.8 Å². The summed E-state index contributed by atoms with van der Waals surface area (Å²) in [4.78, 5) is 0. The van der Waals surface area contributed by atoms with Gasteiger partial charge in [0.15, 0.2) is 0 Å². The average Bonchev–Trinajstić information content (AvgIpc) is 2.26. The molecule has 0 aromatic heterocycles. The van der Waals surface area contributed by atoms with Gasteiger partial charge in [-0.1, -0.05) is 12.1 Å². The number of benzene rings is 1. The Bertz CT molecular complexity index is 338. The van der Waals surface area contributed by atoms with Gasteiger partial charge in [-0.05, 0) is 31.4 Å². The molecular weight excluding hydrogens is 190 g/mol. The molecule has 3 nitrogen and oxygen atoms in total. The molecule has 1 aromatic carbocycles. The highest BCUT2D eigenvalue weighted by Gasteiger charge is 2.19. The van der Waals surface area contributed by atoms with Crippen molar-refractivity contribution in [3.8, 4) is 5.75 Å². The van der Waals surface area contributed by atoms with Crippen LogP contribution in [0, 0.1) is 6.92 Å². The van der Waals surface area contributed by atoms with Crippen molar-refractivity contribution in [3.63, 3.8) is 0 Å². The van der Waals surface area contributed by atoms with Crippen LogP contribution in [0.4, 0.5) is 5.69 Å². The van der Waals surface area contributed by atoms with Crippen LogP contribution in [0.3, 0.4) is 0 Å². The Labute approximate surface area is 90.1 Å². The molecule has 3 heteroatoms. The van der Waals surface area contributed by atoms with E-state index in [-0.39, 0.29) is 6.61 Å². The van der Waals surface area contributed by atoms with Crippen LogP contribution >= 0.6 is 0 Å². The Morgan fingerprint density at radius 1 is 1.53 bits per heavy atom. The van der Waals surface area contributed by atoms with Crippen molar-refractivity contribution in [2.75, 3.05) is 18.5 Å². The first-order valence-corrected chi connectivity index (χ1v) is 5.41. The lowest BCUT2D eigenvalue weighted by Crippen LogP contribution is -2.31. The fourth-order valence-corrected chi connectivity index (χ4v) is 1.90. The Morgan fingerprint density at radius 3 is 3.20 bits per heavy atom. The molecule has 1 aliphatic rings. The predicted molar refractivity (Wildman–Crippen MR) is 60.4 cm³/mol. The van der Waals surface area contributed by atoms with Gasteiger partial charge < -0.3 is 15.2 Å². The van der Waals surface area contributed by atoms with Crippen LogP contribution in [-0.4, -0.2) is 24.4 Å². The van der Waals surface area contributed by atoms with E-state index in [1.54, 1.807) is 0 Å². The molecule has 0 aliphatic carbocycles. The molecule has 82 valence electrons. The van der Waals surface area contributed by atoms with Gasteiger partial charge in [0.2, 0.25) is 0 Å². The summed E-state index contributed by atoms with van der Waals surface area (Å²) >= 11 is 0. The highest BCUT2D eigenvalue weighted by Crippen LogP contribution is 2.32. The molecule has 0 amide bonds. The predicted octanol–water partition coefficient (Wildman–Crippen LogP) is 1.94. The number of nitrogens with one attached hydrogen (secondary N) is 1. The third kappa shape index (κ3) is 2.23. The zero-order valence-electron chi connectivity index (χ0n) is 8.99. The first-order chi connectivity index (χ1) is 7.31. The van der Waals surface area contributed by atoms with Gasteiger partial charge in [0.05, 0.1) is 11.7 Å².